The number of carbonyl (C=O) groups is 1. The predicted octanol–water partition coefficient (Wildman–Crippen LogP) is 2.58. The number of hydrogen-bond acceptors (Lipinski definition) is 2. The number of anilines is 1. The van der Waals surface area contributed by atoms with Gasteiger partial charge in [0, 0.05) is 13.2 Å². The van der Waals surface area contributed by atoms with Crippen LogP contribution in [0.15, 0.2) is 30.6 Å². The first-order valence-corrected chi connectivity index (χ1v) is 5.97. The lowest BCUT2D eigenvalue weighted by atomic mass is 10.1. The van der Waals surface area contributed by atoms with E-state index in [0.29, 0.717) is 11.3 Å². The molecule has 0 aliphatic heterocycles. The molecule has 2 aromatic rings. The second-order valence-corrected chi connectivity index (χ2v) is 4.40. The molecule has 2 rings (SSSR count). The minimum Gasteiger partial charge on any atom is -0.331 e. The van der Waals surface area contributed by atoms with Crippen molar-refractivity contribution in [3.8, 4) is 0 Å². The molecule has 7 heteroatoms. The van der Waals surface area contributed by atoms with Gasteiger partial charge in [-0.05, 0) is 24.6 Å². The molecule has 1 aromatic heterocycles. The van der Waals surface area contributed by atoms with Crippen molar-refractivity contribution in [3.63, 3.8) is 0 Å². The van der Waals surface area contributed by atoms with Gasteiger partial charge < -0.3 is 10.6 Å². The van der Waals surface area contributed by atoms with Gasteiger partial charge >= 0.3 is 6.03 Å². The Morgan fingerprint density at radius 1 is 1.35 bits per heavy atom. The summed E-state index contributed by atoms with van der Waals surface area (Å²) < 4.78 is 27.5. The predicted molar refractivity (Wildman–Crippen MR) is 70.1 cm³/mol. The molecule has 0 aliphatic carbocycles. The van der Waals surface area contributed by atoms with E-state index in [1.54, 1.807) is 24.9 Å². The van der Waals surface area contributed by atoms with E-state index in [4.69, 9.17) is 0 Å². The maximum Gasteiger partial charge on any atom is 0.319 e. The number of halogens is 2. The number of benzene rings is 1. The SMILES string of the molecule is CC(NC(=O)Nc1cnn(C)c1)c1ccc(F)c(F)c1. The van der Waals surface area contributed by atoms with Crippen LogP contribution in [-0.2, 0) is 7.05 Å². The Morgan fingerprint density at radius 2 is 2.10 bits per heavy atom. The van der Waals surface area contributed by atoms with Gasteiger partial charge in [0.1, 0.15) is 0 Å². The smallest absolute Gasteiger partial charge is 0.319 e. The number of hydrogen-bond donors (Lipinski definition) is 2. The van der Waals surface area contributed by atoms with Crippen molar-refractivity contribution >= 4 is 11.7 Å². The third-order valence-electron chi connectivity index (χ3n) is 2.75. The average Bonchev–Trinajstić information content (AvgIpc) is 2.77. The van der Waals surface area contributed by atoms with E-state index in [-0.39, 0.29) is 0 Å². The van der Waals surface area contributed by atoms with Gasteiger partial charge in [-0.3, -0.25) is 4.68 Å². The quantitative estimate of drug-likeness (QED) is 0.907. The second kappa shape index (κ2) is 5.68. The largest absolute Gasteiger partial charge is 0.331 e. The van der Waals surface area contributed by atoms with Crippen LogP contribution in [-0.4, -0.2) is 15.8 Å². The van der Waals surface area contributed by atoms with E-state index in [0.717, 1.165) is 12.1 Å². The number of amides is 2. The zero-order valence-electron chi connectivity index (χ0n) is 11.0. The highest BCUT2D eigenvalue weighted by Gasteiger charge is 2.12. The molecule has 0 radical (unpaired) electrons. The molecule has 0 saturated carbocycles. The Bertz CT molecular complexity index is 627. The van der Waals surface area contributed by atoms with Gasteiger partial charge in [0.05, 0.1) is 17.9 Å². The van der Waals surface area contributed by atoms with Crippen LogP contribution in [0.4, 0.5) is 19.3 Å². The zero-order chi connectivity index (χ0) is 14.7. The van der Waals surface area contributed by atoms with Crippen LogP contribution in [0.5, 0.6) is 0 Å². The van der Waals surface area contributed by atoms with Crippen molar-refractivity contribution in [1.82, 2.24) is 15.1 Å². The number of aryl methyl sites for hydroxylation is 1. The number of rotatable bonds is 3. The number of carbonyl (C=O) groups excluding carboxylic acids is 1. The highest BCUT2D eigenvalue weighted by atomic mass is 19.2. The molecular weight excluding hydrogens is 266 g/mol. The van der Waals surface area contributed by atoms with Crippen LogP contribution in [0.2, 0.25) is 0 Å². The van der Waals surface area contributed by atoms with Gasteiger partial charge in [0.15, 0.2) is 11.6 Å². The fraction of sp³-hybridized carbons (Fsp3) is 0.231. The number of nitrogens with zero attached hydrogens (tertiary/aromatic N) is 2. The van der Waals surface area contributed by atoms with Crippen LogP contribution in [0.3, 0.4) is 0 Å². The summed E-state index contributed by atoms with van der Waals surface area (Å²) in [5, 5.41) is 9.12. The molecule has 1 aromatic carbocycles. The minimum absolute atomic E-state index is 0.449. The van der Waals surface area contributed by atoms with Gasteiger partial charge in [-0.25, -0.2) is 13.6 Å². The van der Waals surface area contributed by atoms with Crippen molar-refractivity contribution in [1.29, 1.82) is 0 Å². The lowest BCUT2D eigenvalue weighted by Crippen LogP contribution is -2.31. The molecule has 1 atom stereocenters. The van der Waals surface area contributed by atoms with Crippen molar-refractivity contribution in [2.24, 2.45) is 7.05 Å². The van der Waals surface area contributed by atoms with Crippen LogP contribution in [0.1, 0.15) is 18.5 Å². The molecule has 5 nitrogen and oxygen atoms in total. The Morgan fingerprint density at radius 3 is 2.70 bits per heavy atom. The van der Waals surface area contributed by atoms with E-state index >= 15 is 0 Å². The fourth-order valence-electron chi connectivity index (χ4n) is 1.71. The molecule has 2 N–H and O–H groups in total. The topological polar surface area (TPSA) is 59.0 Å². The molecule has 2 amide bonds. The summed E-state index contributed by atoms with van der Waals surface area (Å²) in [5.74, 6) is -1.86. The van der Waals surface area contributed by atoms with E-state index in [2.05, 4.69) is 15.7 Å². The Kier molecular flexibility index (Phi) is 3.97. The van der Waals surface area contributed by atoms with Gasteiger partial charge in [-0.2, -0.15) is 5.10 Å². The van der Waals surface area contributed by atoms with Crippen LogP contribution in [0.25, 0.3) is 0 Å². The molecule has 0 aliphatic rings. The maximum absolute atomic E-state index is 13.1. The molecule has 0 spiro atoms. The Labute approximate surface area is 114 Å². The van der Waals surface area contributed by atoms with E-state index in [1.165, 1.54) is 12.3 Å². The molecule has 20 heavy (non-hydrogen) atoms. The first-order chi connectivity index (χ1) is 9.45. The van der Waals surface area contributed by atoms with Crippen molar-refractivity contribution in [3.05, 3.63) is 47.8 Å². The Hall–Kier alpha value is -2.44. The van der Waals surface area contributed by atoms with Crippen LogP contribution in [0, 0.1) is 11.6 Å². The molecule has 1 heterocycles. The third kappa shape index (κ3) is 3.31. The van der Waals surface area contributed by atoms with E-state index in [1.807, 2.05) is 0 Å². The van der Waals surface area contributed by atoms with Crippen molar-refractivity contribution in [2.45, 2.75) is 13.0 Å². The monoisotopic (exact) mass is 280 g/mol. The van der Waals surface area contributed by atoms with Gasteiger partial charge in [-0.1, -0.05) is 6.07 Å². The number of urea groups is 1. The Balaban J connectivity index is 1.98. The normalized spacial score (nSPS) is 12.0. The summed E-state index contributed by atoms with van der Waals surface area (Å²) in [6, 6.07) is 2.61. The molecular formula is C13H14F2N4O. The highest BCUT2D eigenvalue weighted by molar-refractivity contribution is 5.89. The summed E-state index contributed by atoms with van der Waals surface area (Å²) in [5.41, 5.74) is 1.02. The molecule has 0 saturated heterocycles. The number of nitrogens with one attached hydrogen (secondary N) is 2. The maximum atomic E-state index is 13.1. The van der Waals surface area contributed by atoms with Gasteiger partial charge in [0.25, 0.3) is 0 Å². The van der Waals surface area contributed by atoms with Gasteiger partial charge in [0.2, 0.25) is 0 Å². The fourth-order valence-corrected chi connectivity index (χ4v) is 1.71. The summed E-state index contributed by atoms with van der Waals surface area (Å²) in [6.07, 6.45) is 3.14. The first-order valence-electron chi connectivity index (χ1n) is 5.97. The van der Waals surface area contributed by atoms with Crippen LogP contribution < -0.4 is 10.6 Å². The average molecular weight is 280 g/mol. The third-order valence-corrected chi connectivity index (χ3v) is 2.75. The molecule has 0 fully saturated rings. The summed E-state index contributed by atoms with van der Waals surface area (Å²) in [6.45, 7) is 1.68. The molecule has 0 bridgehead atoms. The van der Waals surface area contributed by atoms with Crippen molar-refractivity contribution < 1.29 is 13.6 Å². The lowest BCUT2D eigenvalue weighted by Gasteiger charge is -2.14. The molecule has 106 valence electrons. The first kappa shape index (κ1) is 14.0. The number of aromatic nitrogens is 2. The summed E-state index contributed by atoms with van der Waals surface area (Å²) in [7, 11) is 1.73. The zero-order valence-corrected chi connectivity index (χ0v) is 11.0. The minimum atomic E-state index is -0.941. The summed E-state index contributed by atoms with van der Waals surface area (Å²) in [4.78, 5) is 11.7. The summed E-state index contributed by atoms with van der Waals surface area (Å²) >= 11 is 0. The van der Waals surface area contributed by atoms with Gasteiger partial charge in [-0.15, -0.1) is 0 Å². The van der Waals surface area contributed by atoms with Crippen LogP contribution >= 0.6 is 0 Å². The van der Waals surface area contributed by atoms with E-state index in [9.17, 15) is 13.6 Å². The van der Waals surface area contributed by atoms with E-state index < -0.39 is 23.7 Å². The van der Waals surface area contributed by atoms with Crippen molar-refractivity contribution in [2.75, 3.05) is 5.32 Å². The highest BCUT2D eigenvalue weighted by Crippen LogP contribution is 2.16. The molecule has 1 unspecified atom stereocenters. The second-order valence-electron chi connectivity index (χ2n) is 4.40. The lowest BCUT2D eigenvalue weighted by molar-refractivity contribution is 0.249. The standard InChI is InChI=1S/C13H14F2N4O/c1-8(9-3-4-11(14)12(15)5-9)17-13(20)18-10-6-16-19(2)7-10/h3-8H,1-2H3,(H2,17,18,20).